The van der Waals surface area contributed by atoms with Crippen LogP contribution >= 0.6 is 0 Å². The molecule has 0 amide bonds. The Bertz CT molecular complexity index is 559. The van der Waals surface area contributed by atoms with Gasteiger partial charge in [0.15, 0.2) is 5.65 Å². The van der Waals surface area contributed by atoms with Crippen molar-refractivity contribution in [2.24, 2.45) is 0 Å². The molecular formula is C9H13N5O2. The van der Waals surface area contributed by atoms with Gasteiger partial charge in [-0.2, -0.15) is 5.10 Å². The highest BCUT2D eigenvalue weighted by atomic mass is 16.3. The van der Waals surface area contributed by atoms with Crippen LogP contribution in [0.25, 0.3) is 5.65 Å². The van der Waals surface area contributed by atoms with Gasteiger partial charge in [0.1, 0.15) is 11.6 Å². The van der Waals surface area contributed by atoms with E-state index >= 15 is 0 Å². The van der Waals surface area contributed by atoms with E-state index in [0.29, 0.717) is 23.8 Å². The largest absolute Gasteiger partial charge is 0.395 e. The molecule has 0 saturated carbocycles. The zero-order valence-corrected chi connectivity index (χ0v) is 9.14. The summed E-state index contributed by atoms with van der Waals surface area (Å²) in [5, 5.41) is 15.1. The minimum Gasteiger partial charge on any atom is -0.395 e. The Labute approximate surface area is 91.4 Å². The number of aliphatic hydroxyl groups excluding tert-OH is 1. The van der Waals surface area contributed by atoms with E-state index in [4.69, 9.17) is 5.11 Å². The number of anilines is 1. The fraction of sp³-hybridized carbons (Fsp3) is 0.444. The van der Waals surface area contributed by atoms with Crippen molar-refractivity contribution in [3.8, 4) is 0 Å². The first-order chi connectivity index (χ1) is 7.63. The summed E-state index contributed by atoms with van der Waals surface area (Å²) in [7, 11) is 1.82. The van der Waals surface area contributed by atoms with Crippen LogP contribution in [0.5, 0.6) is 0 Å². The van der Waals surface area contributed by atoms with Crippen LogP contribution in [-0.2, 0) is 0 Å². The number of aryl methyl sites for hydroxylation is 1. The normalized spacial score (nSPS) is 10.9. The number of hydrogen-bond donors (Lipinski definition) is 2. The second-order valence-electron chi connectivity index (χ2n) is 3.53. The molecule has 2 heterocycles. The lowest BCUT2D eigenvalue weighted by molar-refractivity contribution is 0.304. The number of aromatic amines is 1. The predicted molar refractivity (Wildman–Crippen MR) is 58.7 cm³/mol. The van der Waals surface area contributed by atoms with Gasteiger partial charge in [-0.3, -0.25) is 0 Å². The van der Waals surface area contributed by atoms with Crippen LogP contribution in [0.2, 0.25) is 0 Å². The molecule has 86 valence electrons. The van der Waals surface area contributed by atoms with Gasteiger partial charge >= 0.3 is 5.69 Å². The number of hydrogen-bond acceptors (Lipinski definition) is 5. The lowest BCUT2D eigenvalue weighted by atomic mass is 10.4. The summed E-state index contributed by atoms with van der Waals surface area (Å²) in [6.07, 6.45) is 0. The molecule has 0 aliphatic heterocycles. The fourth-order valence-electron chi connectivity index (χ4n) is 1.54. The molecule has 0 aliphatic carbocycles. The zero-order chi connectivity index (χ0) is 11.7. The highest BCUT2D eigenvalue weighted by molar-refractivity contribution is 5.50. The van der Waals surface area contributed by atoms with Crippen molar-refractivity contribution >= 4 is 11.5 Å². The maximum absolute atomic E-state index is 11.4. The van der Waals surface area contributed by atoms with Crippen molar-refractivity contribution in [1.29, 1.82) is 0 Å². The fourth-order valence-corrected chi connectivity index (χ4v) is 1.54. The molecule has 2 N–H and O–H groups in total. The summed E-state index contributed by atoms with van der Waals surface area (Å²) in [5.74, 6) is 1.24. The Balaban J connectivity index is 2.54. The van der Waals surface area contributed by atoms with Gasteiger partial charge in [-0.05, 0) is 6.92 Å². The summed E-state index contributed by atoms with van der Waals surface area (Å²) in [5.41, 5.74) is 0.230. The molecule has 7 nitrogen and oxygen atoms in total. The average molecular weight is 223 g/mol. The smallest absolute Gasteiger partial charge is 0.349 e. The van der Waals surface area contributed by atoms with Crippen LogP contribution in [-0.4, -0.2) is 44.9 Å². The van der Waals surface area contributed by atoms with Crippen LogP contribution in [0.15, 0.2) is 10.9 Å². The van der Waals surface area contributed by atoms with E-state index in [-0.39, 0.29) is 12.3 Å². The number of H-pyrrole nitrogens is 1. The first kappa shape index (κ1) is 10.6. The number of aromatic nitrogens is 4. The Morgan fingerprint density at radius 3 is 3.06 bits per heavy atom. The average Bonchev–Trinajstić information content (AvgIpc) is 2.61. The molecule has 7 heteroatoms. The van der Waals surface area contributed by atoms with Gasteiger partial charge in [-0.1, -0.05) is 0 Å². The van der Waals surface area contributed by atoms with E-state index in [2.05, 4.69) is 15.2 Å². The standard InChI is InChI=1S/C9H13N5O2/c1-6-10-7(13(2)3-4-15)5-8-11-12-9(16)14(6)8/h5,15H,3-4H2,1-2H3,(H,12,16). The first-order valence-electron chi connectivity index (χ1n) is 4.90. The molecule has 0 unspecified atom stereocenters. The summed E-state index contributed by atoms with van der Waals surface area (Å²) in [6, 6.07) is 1.69. The lowest BCUT2D eigenvalue weighted by Crippen LogP contribution is -2.23. The second-order valence-corrected chi connectivity index (χ2v) is 3.53. The monoisotopic (exact) mass is 223 g/mol. The maximum atomic E-state index is 11.4. The third kappa shape index (κ3) is 1.65. The number of nitrogens with zero attached hydrogens (tertiary/aromatic N) is 4. The molecule has 0 atom stereocenters. The molecule has 0 aliphatic rings. The molecule has 0 saturated heterocycles. The molecule has 0 aromatic carbocycles. The van der Waals surface area contributed by atoms with Crippen molar-refractivity contribution < 1.29 is 5.11 Å². The highest BCUT2D eigenvalue weighted by Gasteiger charge is 2.09. The van der Waals surface area contributed by atoms with Crippen LogP contribution in [0, 0.1) is 6.92 Å². The number of likely N-dealkylation sites (N-methyl/N-ethyl adjacent to an activating group) is 1. The minimum atomic E-state index is -0.295. The zero-order valence-electron chi connectivity index (χ0n) is 9.14. The summed E-state index contributed by atoms with van der Waals surface area (Å²) in [6.45, 7) is 2.27. The van der Waals surface area contributed by atoms with Gasteiger partial charge in [-0.25, -0.2) is 19.3 Å². The van der Waals surface area contributed by atoms with Gasteiger partial charge in [0.05, 0.1) is 6.61 Å². The van der Waals surface area contributed by atoms with Gasteiger partial charge in [0, 0.05) is 19.7 Å². The SMILES string of the molecule is Cc1nc(N(C)CCO)cc2n[nH]c(=O)n12. The maximum Gasteiger partial charge on any atom is 0.349 e. The summed E-state index contributed by atoms with van der Waals surface area (Å²) >= 11 is 0. The van der Waals surface area contributed by atoms with E-state index in [1.165, 1.54) is 4.40 Å². The molecule has 0 radical (unpaired) electrons. The molecule has 2 rings (SSSR count). The summed E-state index contributed by atoms with van der Waals surface area (Å²) < 4.78 is 1.40. The molecular weight excluding hydrogens is 210 g/mol. The molecule has 0 spiro atoms. The number of aliphatic hydroxyl groups is 1. The predicted octanol–water partition coefficient (Wildman–Crippen LogP) is -0.845. The Morgan fingerprint density at radius 2 is 2.38 bits per heavy atom. The van der Waals surface area contributed by atoms with Crippen LogP contribution in [0.4, 0.5) is 5.82 Å². The molecule has 16 heavy (non-hydrogen) atoms. The van der Waals surface area contributed by atoms with Crippen molar-refractivity contribution in [1.82, 2.24) is 19.6 Å². The molecule has 2 aromatic rings. The minimum absolute atomic E-state index is 0.0514. The lowest BCUT2D eigenvalue weighted by Gasteiger charge is -2.16. The van der Waals surface area contributed by atoms with Crippen LogP contribution in [0.1, 0.15) is 5.82 Å². The van der Waals surface area contributed by atoms with Crippen LogP contribution in [0.3, 0.4) is 0 Å². The second kappa shape index (κ2) is 3.93. The van der Waals surface area contributed by atoms with E-state index in [1.54, 1.807) is 17.9 Å². The first-order valence-corrected chi connectivity index (χ1v) is 4.90. The topological polar surface area (TPSA) is 86.5 Å². The Kier molecular flexibility index (Phi) is 2.61. The van der Waals surface area contributed by atoms with E-state index < -0.39 is 0 Å². The van der Waals surface area contributed by atoms with Crippen LogP contribution < -0.4 is 10.6 Å². The van der Waals surface area contributed by atoms with E-state index in [1.807, 2.05) is 7.05 Å². The third-order valence-corrected chi connectivity index (χ3v) is 2.38. The van der Waals surface area contributed by atoms with Gasteiger partial charge < -0.3 is 10.0 Å². The summed E-state index contributed by atoms with van der Waals surface area (Å²) in [4.78, 5) is 17.4. The van der Waals surface area contributed by atoms with Crippen molar-refractivity contribution in [3.05, 3.63) is 22.4 Å². The molecule has 0 fully saturated rings. The molecule has 0 bridgehead atoms. The number of fused-ring (bicyclic) bond motifs is 1. The van der Waals surface area contributed by atoms with Crippen molar-refractivity contribution in [2.75, 3.05) is 25.1 Å². The van der Waals surface area contributed by atoms with Gasteiger partial charge in [-0.15, -0.1) is 0 Å². The Hall–Kier alpha value is -1.89. The highest BCUT2D eigenvalue weighted by Crippen LogP contribution is 2.11. The Morgan fingerprint density at radius 1 is 1.62 bits per heavy atom. The van der Waals surface area contributed by atoms with Gasteiger partial charge in [0.25, 0.3) is 0 Å². The quantitative estimate of drug-likeness (QED) is 0.708. The molecule has 2 aromatic heterocycles. The van der Waals surface area contributed by atoms with E-state index in [9.17, 15) is 4.79 Å². The van der Waals surface area contributed by atoms with Gasteiger partial charge in [0.2, 0.25) is 0 Å². The van der Waals surface area contributed by atoms with E-state index in [0.717, 1.165) is 0 Å². The van der Waals surface area contributed by atoms with Crippen molar-refractivity contribution in [2.45, 2.75) is 6.92 Å². The number of rotatable bonds is 3. The third-order valence-electron chi connectivity index (χ3n) is 2.38. The number of nitrogens with one attached hydrogen (secondary N) is 1. The van der Waals surface area contributed by atoms with Crippen molar-refractivity contribution in [3.63, 3.8) is 0 Å².